The van der Waals surface area contributed by atoms with Crippen molar-refractivity contribution >= 4 is 33.3 Å². The van der Waals surface area contributed by atoms with E-state index in [1.807, 2.05) is 12.1 Å². The molecule has 102 valence electrons. The molecule has 2 heterocycles. The first kappa shape index (κ1) is 12.5. The van der Waals surface area contributed by atoms with E-state index in [2.05, 4.69) is 20.7 Å². The van der Waals surface area contributed by atoms with Crippen LogP contribution < -0.4 is 11.1 Å². The van der Waals surface area contributed by atoms with E-state index in [1.165, 1.54) is 11.3 Å². The summed E-state index contributed by atoms with van der Waals surface area (Å²) in [4.78, 5) is 12.0. The Kier molecular flexibility index (Phi) is 3.30. The molecule has 8 heteroatoms. The first-order chi connectivity index (χ1) is 9.74. The second-order valence-corrected chi connectivity index (χ2v) is 5.16. The number of nitrogens with one attached hydrogen (secondary N) is 1. The molecule has 0 atom stereocenters. The third kappa shape index (κ3) is 2.45. The monoisotopic (exact) mass is 289 g/mol. The molecule has 0 unspecified atom stereocenters. The maximum absolute atomic E-state index is 12.0. The lowest BCUT2D eigenvalue weighted by molar-refractivity contribution is 0.0920. The predicted octanol–water partition coefficient (Wildman–Crippen LogP) is 1.23. The van der Waals surface area contributed by atoms with Crippen LogP contribution in [0.4, 0.5) is 5.13 Å². The number of rotatable bonds is 4. The Hall–Kier alpha value is -2.48. The van der Waals surface area contributed by atoms with E-state index >= 15 is 0 Å². The van der Waals surface area contributed by atoms with Crippen LogP contribution in [0.15, 0.2) is 28.8 Å². The first-order valence-electron chi connectivity index (χ1n) is 5.94. The van der Waals surface area contributed by atoms with Gasteiger partial charge in [0.05, 0.1) is 5.39 Å². The summed E-state index contributed by atoms with van der Waals surface area (Å²) in [6, 6.07) is 7.26. The van der Waals surface area contributed by atoms with Gasteiger partial charge in [0.15, 0.2) is 0 Å². The fourth-order valence-corrected chi connectivity index (χ4v) is 2.39. The van der Waals surface area contributed by atoms with Gasteiger partial charge in [0.1, 0.15) is 10.5 Å². The zero-order valence-corrected chi connectivity index (χ0v) is 11.2. The average molecular weight is 289 g/mol. The number of nitrogen functional groups attached to an aromatic ring is 1. The normalized spacial score (nSPS) is 10.8. The third-order valence-corrected chi connectivity index (χ3v) is 3.51. The molecule has 3 rings (SSSR count). The molecule has 0 saturated heterocycles. The van der Waals surface area contributed by atoms with Crippen molar-refractivity contribution in [3.63, 3.8) is 0 Å². The largest absolute Gasteiger partial charge is 0.374 e. The molecule has 0 spiro atoms. The zero-order chi connectivity index (χ0) is 13.9. The number of hydrogen-bond donors (Lipinski definition) is 2. The Bertz CT molecular complexity index is 751. The molecule has 20 heavy (non-hydrogen) atoms. The van der Waals surface area contributed by atoms with E-state index < -0.39 is 0 Å². The molecule has 1 amide bonds. The van der Waals surface area contributed by atoms with Gasteiger partial charge in [-0.1, -0.05) is 28.6 Å². The van der Waals surface area contributed by atoms with Crippen molar-refractivity contribution in [3.8, 4) is 0 Å². The molecule has 0 radical (unpaired) electrons. The fraction of sp³-hybridized carbons (Fsp3) is 0.167. The van der Waals surface area contributed by atoms with E-state index in [-0.39, 0.29) is 11.7 Å². The van der Waals surface area contributed by atoms with E-state index in [1.54, 1.807) is 12.1 Å². The minimum atomic E-state index is -0.295. The molecule has 1 aromatic carbocycles. The topological polar surface area (TPSA) is 107 Å². The Morgan fingerprint density at radius 2 is 2.20 bits per heavy atom. The molecule has 2 aromatic heterocycles. The third-order valence-electron chi connectivity index (χ3n) is 2.70. The summed E-state index contributed by atoms with van der Waals surface area (Å²) in [6.07, 6.45) is 0.576. The van der Waals surface area contributed by atoms with Crippen molar-refractivity contribution in [3.05, 3.63) is 35.0 Å². The molecule has 3 aromatic rings. The van der Waals surface area contributed by atoms with Gasteiger partial charge >= 0.3 is 0 Å². The number of anilines is 1. The van der Waals surface area contributed by atoms with Crippen molar-refractivity contribution in [2.45, 2.75) is 6.42 Å². The van der Waals surface area contributed by atoms with Crippen molar-refractivity contribution in [2.24, 2.45) is 0 Å². The highest BCUT2D eigenvalue weighted by molar-refractivity contribution is 7.15. The summed E-state index contributed by atoms with van der Waals surface area (Å²) in [7, 11) is 0. The summed E-state index contributed by atoms with van der Waals surface area (Å²) in [5.41, 5.74) is 6.15. The lowest BCUT2D eigenvalue weighted by atomic mass is 10.2. The quantitative estimate of drug-likeness (QED) is 0.748. The molecule has 3 N–H and O–H groups in total. The lowest BCUT2D eigenvalue weighted by Gasteiger charge is -2.00. The summed E-state index contributed by atoms with van der Waals surface area (Å²) in [5, 5.41) is 16.1. The van der Waals surface area contributed by atoms with E-state index in [0.29, 0.717) is 29.0 Å². The number of nitrogens with zero attached hydrogens (tertiary/aromatic N) is 3. The van der Waals surface area contributed by atoms with Crippen LogP contribution >= 0.6 is 11.3 Å². The van der Waals surface area contributed by atoms with Gasteiger partial charge in [-0.15, -0.1) is 10.2 Å². The minimum Gasteiger partial charge on any atom is -0.374 e. The SMILES string of the molecule is Nc1nnc(CCNC(=O)c2onc3ccccc23)s1. The highest BCUT2D eigenvalue weighted by Crippen LogP contribution is 2.17. The van der Waals surface area contributed by atoms with Gasteiger partial charge < -0.3 is 15.6 Å². The van der Waals surface area contributed by atoms with Crippen molar-refractivity contribution in [1.82, 2.24) is 20.7 Å². The molecule has 0 fully saturated rings. The number of hydrogen-bond acceptors (Lipinski definition) is 7. The molecular weight excluding hydrogens is 278 g/mol. The lowest BCUT2D eigenvalue weighted by Crippen LogP contribution is -2.25. The minimum absolute atomic E-state index is 0.220. The van der Waals surface area contributed by atoms with E-state index in [4.69, 9.17) is 10.3 Å². The summed E-state index contributed by atoms with van der Waals surface area (Å²) < 4.78 is 5.08. The highest BCUT2D eigenvalue weighted by atomic mass is 32.1. The van der Waals surface area contributed by atoms with Gasteiger partial charge in [-0.3, -0.25) is 4.79 Å². The number of fused-ring (bicyclic) bond motifs is 1. The number of nitrogens with two attached hydrogens (primary N) is 1. The maximum Gasteiger partial charge on any atom is 0.290 e. The van der Waals surface area contributed by atoms with Gasteiger partial charge in [0.2, 0.25) is 10.9 Å². The van der Waals surface area contributed by atoms with Crippen LogP contribution in [0.2, 0.25) is 0 Å². The average Bonchev–Trinajstić information content (AvgIpc) is 3.05. The van der Waals surface area contributed by atoms with Crippen LogP contribution in [0.3, 0.4) is 0 Å². The summed E-state index contributed by atoms with van der Waals surface area (Å²) >= 11 is 1.31. The van der Waals surface area contributed by atoms with E-state index in [9.17, 15) is 4.79 Å². The Labute approximate surface area is 117 Å². The molecule has 0 saturated carbocycles. The van der Waals surface area contributed by atoms with Gasteiger partial charge in [-0.25, -0.2) is 0 Å². The Morgan fingerprint density at radius 1 is 1.35 bits per heavy atom. The van der Waals surface area contributed by atoms with Crippen LogP contribution in [-0.2, 0) is 6.42 Å². The standard InChI is InChI=1S/C12H11N5O2S/c13-12-16-15-9(20-12)5-6-14-11(18)10-7-3-1-2-4-8(7)17-19-10/h1-4H,5-6H2,(H2,13,16)(H,14,18). The van der Waals surface area contributed by atoms with Crippen LogP contribution in [0.25, 0.3) is 10.9 Å². The van der Waals surface area contributed by atoms with Gasteiger partial charge in [0.25, 0.3) is 5.91 Å². The summed E-state index contributed by atoms with van der Waals surface area (Å²) in [5.74, 6) is -0.0754. The molecular formula is C12H11N5O2S. The molecule has 0 aliphatic rings. The van der Waals surface area contributed by atoms with Crippen LogP contribution in [-0.4, -0.2) is 27.8 Å². The van der Waals surface area contributed by atoms with Crippen molar-refractivity contribution in [2.75, 3.05) is 12.3 Å². The molecule has 0 aliphatic heterocycles. The first-order valence-corrected chi connectivity index (χ1v) is 6.76. The number of amides is 1. The maximum atomic E-state index is 12.0. The number of benzene rings is 1. The Morgan fingerprint density at radius 3 is 3.00 bits per heavy atom. The second kappa shape index (κ2) is 5.25. The predicted molar refractivity (Wildman–Crippen MR) is 74.4 cm³/mol. The zero-order valence-electron chi connectivity index (χ0n) is 10.4. The molecule has 7 nitrogen and oxygen atoms in total. The van der Waals surface area contributed by atoms with Crippen LogP contribution in [0.5, 0.6) is 0 Å². The van der Waals surface area contributed by atoms with Gasteiger partial charge in [0, 0.05) is 13.0 Å². The summed E-state index contributed by atoms with van der Waals surface area (Å²) in [6.45, 7) is 0.433. The van der Waals surface area contributed by atoms with Crippen LogP contribution in [0, 0.1) is 0 Å². The van der Waals surface area contributed by atoms with Gasteiger partial charge in [-0.05, 0) is 12.1 Å². The Balaban J connectivity index is 1.64. The number of carbonyl (C=O) groups is 1. The van der Waals surface area contributed by atoms with Gasteiger partial charge in [-0.2, -0.15) is 0 Å². The fourth-order valence-electron chi connectivity index (χ4n) is 1.78. The molecule has 0 aliphatic carbocycles. The smallest absolute Gasteiger partial charge is 0.290 e. The number of aromatic nitrogens is 3. The van der Waals surface area contributed by atoms with E-state index in [0.717, 1.165) is 5.01 Å². The van der Waals surface area contributed by atoms with Crippen molar-refractivity contribution < 1.29 is 9.32 Å². The number of carbonyl (C=O) groups excluding carboxylic acids is 1. The molecule has 0 bridgehead atoms. The second-order valence-electron chi connectivity index (χ2n) is 4.07. The van der Waals surface area contributed by atoms with Crippen molar-refractivity contribution in [1.29, 1.82) is 0 Å². The highest BCUT2D eigenvalue weighted by Gasteiger charge is 2.15. The van der Waals surface area contributed by atoms with Crippen LogP contribution in [0.1, 0.15) is 15.6 Å².